The van der Waals surface area contributed by atoms with Gasteiger partial charge in [0.1, 0.15) is 0 Å². The summed E-state index contributed by atoms with van der Waals surface area (Å²) < 4.78 is 0. The van der Waals surface area contributed by atoms with Crippen LogP contribution < -0.4 is 5.32 Å². The van der Waals surface area contributed by atoms with Crippen LogP contribution >= 0.6 is 0 Å². The lowest BCUT2D eigenvalue weighted by Gasteiger charge is -2.19. The fourth-order valence-electron chi connectivity index (χ4n) is 2.62. The summed E-state index contributed by atoms with van der Waals surface area (Å²) in [6, 6.07) is 12.4. The van der Waals surface area contributed by atoms with Crippen molar-refractivity contribution in [3.8, 4) is 0 Å². The Labute approximate surface area is 133 Å². The Morgan fingerprint density at radius 1 is 0.955 bits per heavy atom. The maximum absolute atomic E-state index is 12.6. The van der Waals surface area contributed by atoms with Crippen LogP contribution in [0.1, 0.15) is 57.6 Å². The van der Waals surface area contributed by atoms with E-state index in [4.69, 9.17) is 0 Å². The maximum atomic E-state index is 12.6. The molecule has 2 heteroatoms. The second kappa shape index (κ2) is 6.78. The highest BCUT2D eigenvalue weighted by atomic mass is 16.1. The number of amides is 1. The molecule has 0 saturated heterocycles. The van der Waals surface area contributed by atoms with Crippen LogP contribution in [0.5, 0.6) is 0 Å². The molecule has 2 aromatic carbocycles. The Balaban J connectivity index is 2.24. The van der Waals surface area contributed by atoms with Crippen molar-refractivity contribution < 1.29 is 4.79 Å². The van der Waals surface area contributed by atoms with Gasteiger partial charge in [0.05, 0.1) is 6.04 Å². The van der Waals surface area contributed by atoms with Crippen LogP contribution in [0, 0.1) is 27.7 Å². The molecule has 0 aliphatic carbocycles. The summed E-state index contributed by atoms with van der Waals surface area (Å²) in [5, 5.41) is 3.18. The van der Waals surface area contributed by atoms with Crippen molar-refractivity contribution in [1.82, 2.24) is 5.32 Å². The number of carbonyl (C=O) groups excluding carboxylic acids is 1. The summed E-state index contributed by atoms with van der Waals surface area (Å²) in [7, 11) is 0. The highest BCUT2D eigenvalue weighted by molar-refractivity contribution is 5.96. The minimum absolute atomic E-state index is 0.00581. The van der Waals surface area contributed by atoms with E-state index in [1.54, 1.807) is 0 Å². The molecular formula is C20H25NO. The van der Waals surface area contributed by atoms with Crippen LogP contribution in [0.4, 0.5) is 0 Å². The third kappa shape index (κ3) is 3.56. The molecule has 0 aliphatic rings. The van der Waals surface area contributed by atoms with E-state index in [9.17, 15) is 4.79 Å². The average molecular weight is 295 g/mol. The van der Waals surface area contributed by atoms with Crippen molar-refractivity contribution >= 4 is 5.91 Å². The molecule has 0 saturated carbocycles. The van der Waals surface area contributed by atoms with Crippen LogP contribution in [0.3, 0.4) is 0 Å². The molecule has 0 aliphatic heterocycles. The first-order valence-corrected chi connectivity index (χ1v) is 7.87. The third-order valence-corrected chi connectivity index (χ3v) is 4.28. The van der Waals surface area contributed by atoms with Crippen molar-refractivity contribution in [3.05, 3.63) is 69.8 Å². The number of nitrogens with one attached hydrogen (secondary N) is 1. The van der Waals surface area contributed by atoms with Crippen LogP contribution in [0.2, 0.25) is 0 Å². The quantitative estimate of drug-likeness (QED) is 0.862. The van der Waals surface area contributed by atoms with E-state index in [2.05, 4.69) is 44.3 Å². The Morgan fingerprint density at radius 2 is 1.64 bits per heavy atom. The predicted octanol–water partition coefficient (Wildman–Crippen LogP) is 4.80. The van der Waals surface area contributed by atoms with E-state index in [1.807, 2.05) is 32.0 Å². The molecule has 1 N–H and O–H groups in total. The summed E-state index contributed by atoms with van der Waals surface area (Å²) >= 11 is 0. The zero-order valence-electron chi connectivity index (χ0n) is 14.2. The number of carbonyl (C=O) groups is 1. The molecule has 1 atom stereocenters. The van der Waals surface area contributed by atoms with Crippen molar-refractivity contribution in [2.75, 3.05) is 0 Å². The first-order valence-electron chi connectivity index (χ1n) is 7.87. The normalized spacial score (nSPS) is 12.0. The largest absolute Gasteiger partial charge is 0.345 e. The molecule has 2 aromatic rings. The molecule has 2 rings (SSSR count). The summed E-state index contributed by atoms with van der Waals surface area (Å²) in [6.07, 6.45) is 0.874. The fraction of sp³-hybridized carbons (Fsp3) is 0.350. The summed E-state index contributed by atoms with van der Waals surface area (Å²) in [4.78, 5) is 12.6. The Kier molecular flexibility index (Phi) is 5.02. The summed E-state index contributed by atoms with van der Waals surface area (Å²) in [6.45, 7) is 10.3. The van der Waals surface area contributed by atoms with E-state index in [-0.39, 0.29) is 11.9 Å². The third-order valence-electron chi connectivity index (χ3n) is 4.28. The molecular weight excluding hydrogens is 270 g/mol. The molecule has 0 spiro atoms. The Morgan fingerprint density at radius 3 is 2.27 bits per heavy atom. The van der Waals surface area contributed by atoms with E-state index in [0.29, 0.717) is 0 Å². The highest BCUT2D eigenvalue weighted by Crippen LogP contribution is 2.21. The van der Waals surface area contributed by atoms with Gasteiger partial charge in [-0.25, -0.2) is 0 Å². The maximum Gasteiger partial charge on any atom is 0.252 e. The van der Waals surface area contributed by atoms with E-state index in [1.165, 1.54) is 16.7 Å². The van der Waals surface area contributed by atoms with Crippen LogP contribution in [-0.2, 0) is 0 Å². The molecule has 22 heavy (non-hydrogen) atoms. The predicted molar refractivity (Wildman–Crippen MR) is 92.3 cm³/mol. The summed E-state index contributed by atoms with van der Waals surface area (Å²) in [5.41, 5.74) is 6.59. The first-order chi connectivity index (χ1) is 10.4. The SMILES string of the molecule is CC[C@H](NC(=O)c1cc(C)ccc1C)c1ccc(C)c(C)c1. The number of benzene rings is 2. The van der Waals surface area contributed by atoms with Crippen LogP contribution in [0.25, 0.3) is 0 Å². The minimum Gasteiger partial charge on any atom is -0.345 e. The van der Waals surface area contributed by atoms with Crippen molar-refractivity contribution in [2.24, 2.45) is 0 Å². The van der Waals surface area contributed by atoms with Gasteiger partial charge in [0.25, 0.3) is 5.91 Å². The first kappa shape index (κ1) is 16.3. The molecule has 0 unspecified atom stereocenters. The topological polar surface area (TPSA) is 29.1 Å². The standard InChI is InChI=1S/C20H25NO/c1-6-19(17-10-9-14(3)16(5)12-17)21-20(22)18-11-13(2)7-8-15(18)4/h7-12,19H,6H2,1-5H3,(H,21,22)/t19-/m0/s1. The van der Waals surface area contributed by atoms with Gasteiger partial charge >= 0.3 is 0 Å². The van der Waals surface area contributed by atoms with Gasteiger partial charge in [-0.05, 0) is 62.4 Å². The van der Waals surface area contributed by atoms with Gasteiger partial charge < -0.3 is 5.32 Å². The summed E-state index contributed by atoms with van der Waals surface area (Å²) in [5.74, 6) is 0.00581. The van der Waals surface area contributed by atoms with Gasteiger partial charge in [-0.2, -0.15) is 0 Å². The minimum atomic E-state index is 0.00581. The van der Waals surface area contributed by atoms with Gasteiger partial charge in [0.15, 0.2) is 0 Å². The average Bonchev–Trinajstić information content (AvgIpc) is 2.50. The second-order valence-corrected chi connectivity index (χ2v) is 6.10. The van der Waals surface area contributed by atoms with Gasteiger partial charge in [0.2, 0.25) is 0 Å². The van der Waals surface area contributed by atoms with E-state index in [0.717, 1.165) is 23.1 Å². The second-order valence-electron chi connectivity index (χ2n) is 6.10. The van der Waals surface area contributed by atoms with Gasteiger partial charge in [0, 0.05) is 5.56 Å². The molecule has 1 amide bonds. The smallest absolute Gasteiger partial charge is 0.252 e. The van der Waals surface area contributed by atoms with Crippen LogP contribution in [-0.4, -0.2) is 5.91 Å². The number of rotatable bonds is 4. The van der Waals surface area contributed by atoms with Crippen LogP contribution in [0.15, 0.2) is 36.4 Å². The van der Waals surface area contributed by atoms with Gasteiger partial charge in [-0.3, -0.25) is 4.79 Å². The molecule has 0 heterocycles. The lowest BCUT2D eigenvalue weighted by Crippen LogP contribution is -2.28. The van der Waals surface area contributed by atoms with Gasteiger partial charge in [-0.1, -0.05) is 42.8 Å². The van der Waals surface area contributed by atoms with Crippen molar-refractivity contribution in [2.45, 2.75) is 47.1 Å². The fourth-order valence-corrected chi connectivity index (χ4v) is 2.62. The number of hydrogen-bond acceptors (Lipinski definition) is 1. The van der Waals surface area contributed by atoms with E-state index < -0.39 is 0 Å². The van der Waals surface area contributed by atoms with Crippen molar-refractivity contribution in [1.29, 1.82) is 0 Å². The van der Waals surface area contributed by atoms with E-state index >= 15 is 0 Å². The molecule has 0 bridgehead atoms. The lowest BCUT2D eigenvalue weighted by atomic mass is 9.98. The molecule has 0 aromatic heterocycles. The van der Waals surface area contributed by atoms with Crippen molar-refractivity contribution in [3.63, 3.8) is 0 Å². The lowest BCUT2D eigenvalue weighted by molar-refractivity contribution is 0.0935. The molecule has 2 nitrogen and oxygen atoms in total. The molecule has 0 fully saturated rings. The number of hydrogen-bond donors (Lipinski definition) is 1. The van der Waals surface area contributed by atoms with Gasteiger partial charge in [-0.15, -0.1) is 0 Å². The highest BCUT2D eigenvalue weighted by Gasteiger charge is 2.16. The Bertz CT molecular complexity index is 688. The molecule has 116 valence electrons. The Hall–Kier alpha value is -2.09. The zero-order valence-corrected chi connectivity index (χ0v) is 14.2. The monoisotopic (exact) mass is 295 g/mol. The zero-order chi connectivity index (χ0) is 16.3. The molecule has 0 radical (unpaired) electrons. The number of aryl methyl sites for hydroxylation is 4.